The second-order valence-corrected chi connectivity index (χ2v) is 3.62. The average Bonchev–Trinajstić information content (AvgIpc) is 2.39. The molecule has 1 aliphatic rings. The maximum absolute atomic E-state index is 4.62. The number of nitrogens with one attached hydrogen (secondary N) is 1. The summed E-state index contributed by atoms with van der Waals surface area (Å²) in [4.78, 5) is 6.69. The van der Waals surface area contributed by atoms with E-state index in [9.17, 15) is 0 Å². The molecule has 3 nitrogen and oxygen atoms in total. The first-order valence-corrected chi connectivity index (χ1v) is 4.85. The Morgan fingerprint density at radius 2 is 2.07 bits per heavy atom. The number of hydrogen-bond acceptors (Lipinski definition) is 3. The predicted molar refractivity (Wildman–Crippen MR) is 60.3 cm³/mol. The Hall–Kier alpha value is -1.51. The van der Waals surface area contributed by atoms with Gasteiger partial charge in [0.15, 0.2) is 0 Å². The smallest absolute Gasteiger partial charge is 0.106 e. The van der Waals surface area contributed by atoms with Crippen molar-refractivity contribution in [2.45, 2.75) is 6.42 Å². The summed E-state index contributed by atoms with van der Waals surface area (Å²) >= 11 is 0. The molecule has 1 N–H and O–H groups in total. The molecule has 74 valence electrons. The van der Waals surface area contributed by atoms with E-state index in [2.05, 4.69) is 21.3 Å². The van der Waals surface area contributed by atoms with E-state index in [0.717, 1.165) is 30.2 Å². The molecule has 0 saturated heterocycles. The van der Waals surface area contributed by atoms with Gasteiger partial charge in [0.2, 0.25) is 0 Å². The third-order valence-corrected chi connectivity index (χ3v) is 2.33. The van der Waals surface area contributed by atoms with Gasteiger partial charge in [-0.1, -0.05) is 12.1 Å². The van der Waals surface area contributed by atoms with Gasteiger partial charge in [0.05, 0.1) is 11.4 Å². The van der Waals surface area contributed by atoms with Crippen LogP contribution in [0.1, 0.15) is 6.42 Å². The zero-order valence-corrected chi connectivity index (χ0v) is 8.62. The van der Waals surface area contributed by atoms with Gasteiger partial charge < -0.3 is 10.2 Å². The Bertz CT molecular complexity index is 355. The van der Waals surface area contributed by atoms with Crippen LogP contribution >= 0.6 is 0 Å². The highest BCUT2D eigenvalue weighted by atomic mass is 15.1. The molecule has 0 aliphatic carbocycles. The van der Waals surface area contributed by atoms with Crippen LogP contribution in [0.3, 0.4) is 0 Å². The Balaban J connectivity index is 2.39. The number of rotatable bonds is 0. The van der Waals surface area contributed by atoms with E-state index >= 15 is 0 Å². The lowest BCUT2D eigenvalue weighted by Gasteiger charge is -2.13. The molecule has 0 spiro atoms. The van der Waals surface area contributed by atoms with Gasteiger partial charge in [0.1, 0.15) is 5.84 Å². The minimum absolute atomic E-state index is 0.952. The van der Waals surface area contributed by atoms with Crippen LogP contribution in [-0.2, 0) is 0 Å². The number of anilines is 1. The first-order valence-electron chi connectivity index (χ1n) is 4.85. The highest BCUT2D eigenvalue weighted by Crippen LogP contribution is 2.26. The van der Waals surface area contributed by atoms with Crippen molar-refractivity contribution in [2.75, 3.05) is 26.0 Å². The van der Waals surface area contributed by atoms with Gasteiger partial charge >= 0.3 is 0 Å². The topological polar surface area (TPSA) is 27.6 Å². The van der Waals surface area contributed by atoms with Gasteiger partial charge in [-0.25, -0.2) is 4.99 Å². The van der Waals surface area contributed by atoms with Gasteiger partial charge in [0.25, 0.3) is 0 Å². The summed E-state index contributed by atoms with van der Waals surface area (Å²) in [6, 6.07) is 8.15. The standard InChI is InChI=1S/C11H15N3/c1-14(2)11-7-8-12-9-5-3-4-6-10(9)13-11/h3-6,12H,7-8H2,1-2H3. The van der Waals surface area contributed by atoms with Crippen LogP contribution in [0.25, 0.3) is 0 Å². The fourth-order valence-corrected chi connectivity index (χ4v) is 1.55. The predicted octanol–water partition coefficient (Wildman–Crippen LogP) is 2.09. The molecular formula is C11H15N3. The first-order chi connectivity index (χ1) is 6.77. The zero-order chi connectivity index (χ0) is 9.97. The van der Waals surface area contributed by atoms with Crippen LogP contribution < -0.4 is 5.32 Å². The van der Waals surface area contributed by atoms with Crippen LogP contribution in [0.4, 0.5) is 11.4 Å². The highest BCUT2D eigenvalue weighted by molar-refractivity contribution is 5.88. The van der Waals surface area contributed by atoms with Crippen molar-refractivity contribution in [3.05, 3.63) is 24.3 Å². The zero-order valence-electron chi connectivity index (χ0n) is 8.62. The summed E-state index contributed by atoms with van der Waals surface area (Å²) in [6.07, 6.45) is 0.974. The minimum atomic E-state index is 0.952. The van der Waals surface area contributed by atoms with Crippen LogP contribution in [0.5, 0.6) is 0 Å². The molecule has 0 bridgehead atoms. The summed E-state index contributed by atoms with van der Waals surface area (Å²) < 4.78 is 0. The number of aliphatic imine (C=N–C) groups is 1. The molecule has 0 fully saturated rings. The number of para-hydroxylation sites is 2. The van der Waals surface area contributed by atoms with E-state index in [1.54, 1.807) is 0 Å². The second kappa shape index (κ2) is 3.70. The number of nitrogens with zero attached hydrogens (tertiary/aromatic N) is 2. The number of fused-ring (bicyclic) bond motifs is 1. The summed E-state index contributed by atoms with van der Waals surface area (Å²) in [5.74, 6) is 1.13. The average molecular weight is 189 g/mol. The van der Waals surface area contributed by atoms with Crippen LogP contribution in [0.2, 0.25) is 0 Å². The van der Waals surface area contributed by atoms with Crippen LogP contribution in [0, 0.1) is 0 Å². The maximum Gasteiger partial charge on any atom is 0.106 e. The third kappa shape index (κ3) is 1.71. The molecule has 14 heavy (non-hydrogen) atoms. The van der Waals surface area contributed by atoms with E-state index in [1.165, 1.54) is 0 Å². The Morgan fingerprint density at radius 3 is 2.86 bits per heavy atom. The maximum atomic E-state index is 4.62. The van der Waals surface area contributed by atoms with Crippen molar-refractivity contribution in [1.82, 2.24) is 4.90 Å². The minimum Gasteiger partial charge on any atom is -0.383 e. The van der Waals surface area contributed by atoms with E-state index in [1.807, 2.05) is 32.3 Å². The number of hydrogen-bond donors (Lipinski definition) is 1. The van der Waals surface area contributed by atoms with E-state index in [4.69, 9.17) is 0 Å². The van der Waals surface area contributed by atoms with Gasteiger partial charge in [-0.15, -0.1) is 0 Å². The molecule has 1 aromatic rings. The lowest BCUT2D eigenvalue weighted by Crippen LogP contribution is -2.23. The lowest BCUT2D eigenvalue weighted by atomic mass is 10.3. The fourth-order valence-electron chi connectivity index (χ4n) is 1.55. The summed E-state index contributed by atoms with van der Waals surface area (Å²) in [5, 5.41) is 3.37. The molecule has 0 saturated carbocycles. The molecule has 2 rings (SSSR count). The van der Waals surface area contributed by atoms with Crippen LogP contribution in [0.15, 0.2) is 29.3 Å². The van der Waals surface area contributed by atoms with Gasteiger partial charge in [0, 0.05) is 27.1 Å². The monoisotopic (exact) mass is 189 g/mol. The van der Waals surface area contributed by atoms with Crippen molar-refractivity contribution in [1.29, 1.82) is 0 Å². The molecule has 1 aliphatic heterocycles. The van der Waals surface area contributed by atoms with Crippen molar-refractivity contribution < 1.29 is 0 Å². The lowest BCUT2D eigenvalue weighted by molar-refractivity contribution is 0.606. The third-order valence-electron chi connectivity index (χ3n) is 2.33. The fraction of sp³-hybridized carbons (Fsp3) is 0.364. The summed E-state index contributed by atoms with van der Waals surface area (Å²) in [6.45, 7) is 0.952. The molecule has 1 aromatic carbocycles. The second-order valence-electron chi connectivity index (χ2n) is 3.62. The number of amidine groups is 1. The molecular weight excluding hydrogens is 174 g/mol. The van der Waals surface area contributed by atoms with Crippen molar-refractivity contribution >= 4 is 17.2 Å². The van der Waals surface area contributed by atoms with Crippen molar-refractivity contribution in [3.8, 4) is 0 Å². The molecule has 3 heteroatoms. The largest absolute Gasteiger partial charge is 0.383 e. The van der Waals surface area contributed by atoms with Gasteiger partial charge in [-0.05, 0) is 12.1 Å². The van der Waals surface area contributed by atoms with Crippen molar-refractivity contribution in [2.24, 2.45) is 4.99 Å². The summed E-state index contributed by atoms with van der Waals surface area (Å²) in [7, 11) is 4.07. The van der Waals surface area contributed by atoms with E-state index in [-0.39, 0.29) is 0 Å². The SMILES string of the molecule is CN(C)C1=Nc2ccccc2NCC1. The quantitative estimate of drug-likeness (QED) is 0.676. The molecule has 0 atom stereocenters. The number of benzene rings is 1. The Morgan fingerprint density at radius 1 is 1.29 bits per heavy atom. The molecule has 0 unspecified atom stereocenters. The Kier molecular flexibility index (Phi) is 2.39. The van der Waals surface area contributed by atoms with Gasteiger partial charge in [-0.3, -0.25) is 0 Å². The molecule has 0 amide bonds. The van der Waals surface area contributed by atoms with E-state index < -0.39 is 0 Å². The van der Waals surface area contributed by atoms with Gasteiger partial charge in [-0.2, -0.15) is 0 Å². The molecule has 1 heterocycles. The molecule has 0 radical (unpaired) electrons. The normalized spacial score (nSPS) is 14.9. The van der Waals surface area contributed by atoms with E-state index in [0.29, 0.717) is 0 Å². The highest BCUT2D eigenvalue weighted by Gasteiger charge is 2.09. The van der Waals surface area contributed by atoms with Crippen LogP contribution in [-0.4, -0.2) is 31.4 Å². The molecule has 0 aromatic heterocycles. The summed E-state index contributed by atoms with van der Waals surface area (Å²) in [5.41, 5.74) is 2.16. The first kappa shape index (κ1) is 9.06. The van der Waals surface area contributed by atoms with Crippen molar-refractivity contribution in [3.63, 3.8) is 0 Å². The Labute approximate surface area is 84.5 Å².